The molecule has 3 heteroatoms. The fourth-order valence-electron chi connectivity index (χ4n) is 0.156. The van der Waals surface area contributed by atoms with Crippen LogP contribution in [0.2, 0.25) is 0 Å². The first kappa shape index (κ1) is 7.09. The van der Waals surface area contributed by atoms with E-state index in [1.165, 1.54) is 0 Å². The third kappa shape index (κ3) is 2.30. The zero-order valence-electron chi connectivity index (χ0n) is 3.92. The molecule has 0 atom stereocenters. The molecule has 0 N–H and O–H groups in total. The molecule has 0 aliphatic rings. The summed E-state index contributed by atoms with van der Waals surface area (Å²) >= 11 is 0. The SMILES string of the molecule is C#CCC(F)=C(F)F. The van der Waals surface area contributed by atoms with Crippen molar-refractivity contribution in [2.75, 3.05) is 0 Å². The van der Waals surface area contributed by atoms with Crippen LogP contribution in [0.3, 0.4) is 0 Å². The molecule has 0 unspecified atom stereocenters. The fourth-order valence-corrected chi connectivity index (χ4v) is 0.156. The molecule has 0 spiro atoms. The number of hydrogen-bond donors (Lipinski definition) is 0. The summed E-state index contributed by atoms with van der Waals surface area (Å²) in [6.07, 6.45) is 1.56. The van der Waals surface area contributed by atoms with Crippen molar-refractivity contribution in [2.24, 2.45) is 0 Å². The maximum Gasteiger partial charge on any atom is 0.302 e. The molecule has 0 fully saturated rings. The molecule has 0 aromatic heterocycles. The molecule has 0 nitrogen and oxygen atoms in total. The lowest BCUT2D eigenvalue weighted by molar-refractivity contribution is 0.376. The number of rotatable bonds is 1. The van der Waals surface area contributed by atoms with Crippen molar-refractivity contribution in [1.29, 1.82) is 0 Å². The predicted molar refractivity (Wildman–Crippen MR) is 23.8 cm³/mol. The number of halogens is 3. The Bertz CT molecular complexity index is 136. The van der Waals surface area contributed by atoms with Crippen molar-refractivity contribution in [2.45, 2.75) is 6.42 Å². The lowest BCUT2D eigenvalue weighted by atomic mass is 10.4. The number of allylic oxidation sites excluding steroid dienone is 1. The van der Waals surface area contributed by atoms with Crippen LogP contribution in [0.25, 0.3) is 0 Å². The molecule has 0 rings (SSSR count). The minimum absolute atomic E-state index is 0.623. The monoisotopic (exact) mass is 120 g/mol. The summed E-state index contributed by atoms with van der Waals surface area (Å²) in [5.41, 5.74) is 0. The van der Waals surface area contributed by atoms with Gasteiger partial charge in [-0.3, -0.25) is 0 Å². The maximum absolute atomic E-state index is 11.5. The number of hydrogen-bond acceptors (Lipinski definition) is 0. The highest BCUT2D eigenvalue weighted by Gasteiger charge is 2.00. The van der Waals surface area contributed by atoms with Crippen LogP contribution in [0.15, 0.2) is 11.9 Å². The third-order valence-corrected chi connectivity index (χ3v) is 0.462. The van der Waals surface area contributed by atoms with Gasteiger partial charge in [0.1, 0.15) is 0 Å². The van der Waals surface area contributed by atoms with Gasteiger partial charge in [0, 0.05) is 0 Å². The molecule has 44 valence electrons. The molecule has 0 bridgehead atoms. The predicted octanol–water partition coefficient (Wildman–Crippen LogP) is 2.09. The second-order valence-electron chi connectivity index (χ2n) is 1.05. The quantitative estimate of drug-likeness (QED) is 0.465. The van der Waals surface area contributed by atoms with Gasteiger partial charge in [-0.1, -0.05) is 5.92 Å². The van der Waals surface area contributed by atoms with E-state index >= 15 is 0 Å². The van der Waals surface area contributed by atoms with Crippen LogP contribution in [0.1, 0.15) is 6.42 Å². The van der Waals surface area contributed by atoms with E-state index in [4.69, 9.17) is 0 Å². The Morgan fingerprint density at radius 2 is 1.88 bits per heavy atom. The van der Waals surface area contributed by atoms with Gasteiger partial charge in [0.05, 0.1) is 6.42 Å². The van der Waals surface area contributed by atoms with Crippen molar-refractivity contribution >= 4 is 0 Å². The van der Waals surface area contributed by atoms with Crippen molar-refractivity contribution in [3.05, 3.63) is 11.9 Å². The summed E-state index contributed by atoms with van der Waals surface area (Å²) in [5.74, 6) is 0.215. The molecular formula is C5H3F3. The van der Waals surface area contributed by atoms with Gasteiger partial charge in [-0.05, 0) is 0 Å². The first-order chi connectivity index (χ1) is 3.68. The van der Waals surface area contributed by atoms with Crippen LogP contribution in [-0.4, -0.2) is 0 Å². The molecule has 0 saturated carbocycles. The normalized spacial score (nSPS) is 7.75. The zero-order chi connectivity index (χ0) is 6.57. The van der Waals surface area contributed by atoms with Gasteiger partial charge in [0.15, 0.2) is 5.83 Å². The van der Waals surface area contributed by atoms with Gasteiger partial charge >= 0.3 is 6.08 Å². The largest absolute Gasteiger partial charge is 0.302 e. The van der Waals surface area contributed by atoms with E-state index in [0.29, 0.717) is 0 Å². The molecule has 0 aromatic carbocycles. The minimum Gasteiger partial charge on any atom is -0.205 e. The Hall–Kier alpha value is -0.910. The molecule has 8 heavy (non-hydrogen) atoms. The van der Waals surface area contributed by atoms with Crippen LogP contribution >= 0.6 is 0 Å². The summed E-state index contributed by atoms with van der Waals surface area (Å²) in [6, 6.07) is 0. The minimum atomic E-state index is -2.33. The lowest BCUT2D eigenvalue weighted by Crippen LogP contribution is -1.70. The van der Waals surface area contributed by atoms with E-state index in [2.05, 4.69) is 6.42 Å². The smallest absolute Gasteiger partial charge is 0.205 e. The first-order valence-corrected chi connectivity index (χ1v) is 1.81. The van der Waals surface area contributed by atoms with E-state index in [9.17, 15) is 13.2 Å². The van der Waals surface area contributed by atoms with Crippen LogP contribution in [0.4, 0.5) is 13.2 Å². The van der Waals surface area contributed by atoms with Crippen LogP contribution < -0.4 is 0 Å². The third-order valence-electron chi connectivity index (χ3n) is 0.462. The molecule has 0 amide bonds. The summed E-state index contributed by atoms with van der Waals surface area (Å²) < 4.78 is 33.6. The van der Waals surface area contributed by atoms with E-state index in [1.54, 1.807) is 5.92 Å². The molecule has 0 aliphatic heterocycles. The number of terminal acetylenes is 1. The fraction of sp³-hybridized carbons (Fsp3) is 0.200. The second kappa shape index (κ2) is 3.14. The van der Waals surface area contributed by atoms with Crippen molar-refractivity contribution in [3.8, 4) is 12.3 Å². The van der Waals surface area contributed by atoms with Gasteiger partial charge in [-0.25, -0.2) is 4.39 Å². The lowest BCUT2D eigenvalue weighted by Gasteiger charge is -1.81. The Kier molecular flexibility index (Phi) is 2.78. The Morgan fingerprint density at radius 3 is 2.00 bits per heavy atom. The van der Waals surface area contributed by atoms with Gasteiger partial charge in [-0.2, -0.15) is 8.78 Å². The van der Waals surface area contributed by atoms with Crippen LogP contribution in [0, 0.1) is 12.3 Å². The highest BCUT2D eigenvalue weighted by atomic mass is 19.3. The molecule has 0 radical (unpaired) electrons. The second-order valence-corrected chi connectivity index (χ2v) is 1.05. The summed E-state index contributed by atoms with van der Waals surface area (Å²) in [4.78, 5) is 0. The summed E-state index contributed by atoms with van der Waals surface area (Å²) in [5, 5.41) is 0. The van der Waals surface area contributed by atoms with Crippen molar-refractivity contribution in [1.82, 2.24) is 0 Å². The standard InChI is InChI=1S/C5H3F3/c1-2-3-4(6)5(7)8/h1H,3H2. The van der Waals surface area contributed by atoms with E-state index in [1.807, 2.05) is 0 Å². The van der Waals surface area contributed by atoms with Crippen LogP contribution in [-0.2, 0) is 0 Å². The zero-order valence-corrected chi connectivity index (χ0v) is 3.92. The van der Waals surface area contributed by atoms with Gasteiger partial charge in [-0.15, -0.1) is 6.42 Å². The Balaban J connectivity index is 3.85. The molecule has 0 aliphatic carbocycles. The molecule has 0 aromatic rings. The first-order valence-electron chi connectivity index (χ1n) is 1.81. The highest BCUT2D eigenvalue weighted by molar-refractivity contribution is 5.03. The molecular weight excluding hydrogens is 117 g/mol. The van der Waals surface area contributed by atoms with Crippen molar-refractivity contribution in [3.63, 3.8) is 0 Å². The van der Waals surface area contributed by atoms with E-state index < -0.39 is 18.3 Å². The summed E-state index contributed by atoms with van der Waals surface area (Å²) in [6.45, 7) is 0. The van der Waals surface area contributed by atoms with E-state index in [0.717, 1.165) is 0 Å². The van der Waals surface area contributed by atoms with Crippen molar-refractivity contribution < 1.29 is 13.2 Å². The topological polar surface area (TPSA) is 0 Å². The average molecular weight is 120 g/mol. The maximum atomic E-state index is 11.5. The molecule has 0 saturated heterocycles. The van der Waals surface area contributed by atoms with E-state index in [-0.39, 0.29) is 0 Å². The van der Waals surface area contributed by atoms with Gasteiger partial charge in [0.25, 0.3) is 0 Å². The summed E-state index contributed by atoms with van der Waals surface area (Å²) in [7, 11) is 0. The average Bonchev–Trinajstić information content (AvgIpc) is 1.67. The van der Waals surface area contributed by atoms with Gasteiger partial charge in [0.2, 0.25) is 0 Å². The molecule has 0 heterocycles. The highest BCUT2D eigenvalue weighted by Crippen LogP contribution is 2.11. The Morgan fingerprint density at radius 1 is 1.38 bits per heavy atom. The van der Waals surface area contributed by atoms with Gasteiger partial charge < -0.3 is 0 Å². The van der Waals surface area contributed by atoms with Crippen LogP contribution in [0.5, 0.6) is 0 Å². The Labute approximate surface area is 45.0 Å².